The number of rotatable bonds is 6. The van der Waals surface area contributed by atoms with Crippen molar-refractivity contribution in [2.75, 3.05) is 12.4 Å². The average Bonchev–Trinajstić information content (AvgIpc) is 2.97. The van der Waals surface area contributed by atoms with Crippen molar-refractivity contribution < 1.29 is 14.4 Å². The van der Waals surface area contributed by atoms with Crippen LogP contribution in [-0.2, 0) is 14.4 Å². The van der Waals surface area contributed by atoms with Gasteiger partial charge in [-0.25, -0.2) is 4.90 Å². The van der Waals surface area contributed by atoms with E-state index >= 15 is 0 Å². The lowest BCUT2D eigenvalue weighted by molar-refractivity contribution is -0.138. The summed E-state index contributed by atoms with van der Waals surface area (Å²) >= 11 is 1.33. The fraction of sp³-hybridized carbons (Fsp3) is 0.190. The fourth-order valence-corrected chi connectivity index (χ4v) is 3.94. The second-order valence-electron chi connectivity index (χ2n) is 6.23. The second kappa shape index (κ2) is 8.75. The summed E-state index contributed by atoms with van der Waals surface area (Å²) < 4.78 is 0. The lowest BCUT2D eigenvalue weighted by atomic mass is 10.2. The largest absolute Gasteiger partial charge is 0.390 e. The number of hydrogen-bond donors (Lipinski definition) is 2. The van der Waals surface area contributed by atoms with Gasteiger partial charge in [0, 0.05) is 29.7 Å². The summed E-state index contributed by atoms with van der Waals surface area (Å²) in [6, 6.07) is 18.3. The van der Waals surface area contributed by atoms with Crippen molar-refractivity contribution in [3.63, 3.8) is 0 Å². The standard InChI is InChI=1S/C21H21N3O3S/c1-14(22-2)19(20(26)23-15-9-5-3-6-10-15)24-18(25)13-17(21(24)27)28-16-11-7-4-8-12-16/h3-12,17,22H,13H2,1-2H3,(H,23,26)/b19-14+. The van der Waals surface area contributed by atoms with Gasteiger partial charge in [0.15, 0.2) is 0 Å². The quantitative estimate of drug-likeness (QED) is 0.581. The summed E-state index contributed by atoms with van der Waals surface area (Å²) in [6.07, 6.45) is 0.0531. The van der Waals surface area contributed by atoms with E-state index in [0.717, 1.165) is 9.80 Å². The molecule has 1 saturated heterocycles. The second-order valence-corrected chi connectivity index (χ2v) is 7.51. The summed E-state index contributed by atoms with van der Waals surface area (Å²) in [5.74, 6) is -1.27. The van der Waals surface area contributed by atoms with Crippen LogP contribution in [0.25, 0.3) is 0 Å². The molecule has 2 aromatic rings. The molecule has 1 aliphatic heterocycles. The molecule has 0 aliphatic carbocycles. The molecule has 1 aliphatic rings. The zero-order chi connectivity index (χ0) is 20.1. The molecule has 3 rings (SSSR count). The molecule has 144 valence electrons. The third-order valence-corrected chi connectivity index (χ3v) is 5.52. The molecule has 0 aromatic heterocycles. The number of benzene rings is 2. The molecule has 1 atom stereocenters. The molecule has 0 spiro atoms. The SMILES string of the molecule is CN/C(C)=C(\C(=O)Nc1ccccc1)N1C(=O)CC(Sc2ccccc2)C1=O. The van der Waals surface area contributed by atoms with E-state index in [1.54, 1.807) is 38.2 Å². The van der Waals surface area contributed by atoms with Crippen LogP contribution in [0.3, 0.4) is 0 Å². The lowest BCUT2D eigenvalue weighted by Gasteiger charge is -2.21. The number of imide groups is 1. The van der Waals surface area contributed by atoms with Crippen molar-refractivity contribution in [1.29, 1.82) is 0 Å². The number of hydrogen-bond acceptors (Lipinski definition) is 5. The van der Waals surface area contributed by atoms with Gasteiger partial charge in [-0.1, -0.05) is 36.4 Å². The maximum atomic E-state index is 13.0. The van der Waals surface area contributed by atoms with Gasteiger partial charge in [-0.2, -0.15) is 0 Å². The van der Waals surface area contributed by atoms with Crippen LogP contribution >= 0.6 is 11.8 Å². The van der Waals surface area contributed by atoms with Crippen LogP contribution < -0.4 is 10.6 Å². The Morgan fingerprint density at radius 3 is 2.25 bits per heavy atom. The molecule has 0 bridgehead atoms. The fourth-order valence-electron chi connectivity index (χ4n) is 2.86. The molecular formula is C21H21N3O3S. The zero-order valence-corrected chi connectivity index (χ0v) is 16.5. The van der Waals surface area contributed by atoms with Crippen LogP contribution in [0.4, 0.5) is 5.69 Å². The topological polar surface area (TPSA) is 78.5 Å². The van der Waals surface area contributed by atoms with E-state index in [-0.39, 0.29) is 23.9 Å². The Balaban J connectivity index is 1.85. The third kappa shape index (κ3) is 4.26. The molecule has 2 N–H and O–H groups in total. The molecule has 0 saturated carbocycles. The van der Waals surface area contributed by atoms with E-state index in [2.05, 4.69) is 10.6 Å². The molecule has 1 unspecified atom stereocenters. The highest BCUT2D eigenvalue weighted by atomic mass is 32.2. The number of anilines is 1. The van der Waals surface area contributed by atoms with Crippen LogP contribution in [-0.4, -0.2) is 34.9 Å². The number of amides is 3. The smallest absolute Gasteiger partial charge is 0.274 e. The normalized spacial score (nSPS) is 17.4. The predicted molar refractivity (Wildman–Crippen MR) is 109 cm³/mol. The van der Waals surface area contributed by atoms with Crippen molar-refractivity contribution in [2.45, 2.75) is 23.5 Å². The van der Waals surface area contributed by atoms with Gasteiger partial charge in [-0.05, 0) is 31.2 Å². The molecule has 2 aromatic carbocycles. The average molecular weight is 395 g/mol. The molecule has 28 heavy (non-hydrogen) atoms. The van der Waals surface area contributed by atoms with Crippen molar-refractivity contribution in [2.24, 2.45) is 0 Å². The Morgan fingerprint density at radius 2 is 1.64 bits per heavy atom. The number of nitrogens with zero attached hydrogens (tertiary/aromatic N) is 1. The number of nitrogens with one attached hydrogen (secondary N) is 2. The van der Waals surface area contributed by atoms with E-state index in [4.69, 9.17) is 0 Å². The number of likely N-dealkylation sites (tertiary alicyclic amines) is 1. The van der Waals surface area contributed by atoms with Crippen LogP contribution in [0, 0.1) is 0 Å². The maximum absolute atomic E-state index is 13.0. The molecule has 7 heteroatoms. The van der Waals surface area contributed by atoms with E-state index in [9.17, 15) is 14.4 Å². The Labute approximate surface area is 168 Å². The molecule has 1 heterocycles. The molecule has 3 amide bonds. The van der Waals surface area contributed by atoms with Crippen LogP contribution in [0.5, 0.6) is 0 Å². The van der Waals surface area contributed by atoms with Gasteiger partial charge >= 0.3 is 0 Å². The predicted octanol–water partition coefficient (Wildman–Crippen LogP) is 3.00. The Hall–Kier alpha value is -3.06. The van der Waals surface area contributed by atoms with Gasteiger partial charge in [0.25, 0.3) is 5.91 Å². The number of carbonyl (C=O) groups excluding carboxylic acids is 3. The third-order valence-electron chi connectivity index (χ3n) is 4.33. The van der Waals surface area contributed by atoms with Crippen LogP contribution in [0.15, 0.2) is 77.0 Å². The summed E-state index contributed by atoms with van der Waals surface area (Å²) in [6.45, 7) is 1.66. The highest BCUT2D eigenvalue weighted by Crippen LogP contribution is 2.33. The number of thioether (sulfide) groups is 1. The van der Waals surface area contributed by atoms with E-state index in [1.807, 2.05) is 36.4 Å². The van der Waals surface area contributed by atoms with Crippen molar-refractivity contribution >= 4 is 35.2 Å². The van der Waals surface area contributed by atoms with E-state index in [1.165, 1.54) is 11.8 Å². The van der Waals surface area contributed by atoms with E-state index in [0.29, 0.717) is 11.4 Å². The number of carbonyl (C=O) groups is 3. The lowest BCUT2D eigenvalue weighted by Crippen LogP contribution is -2.38. The monoisotopic (exact) mass is 395 g/mol. The van der Waals surface area contributed by atoms with Gasteiger partial charge in [0.1, 0.15) is 5.70 Å². The van der Waals surface area contributed by atoms with Gasteiger partial charge in [0.2, 0.25) is 11.8 Å². The highest BCUT2D eigenvalue weighted by Gasteiger charge is 2.43. The molecule has 0 radical (unpaired) electrons. The van der Waals surface area contributed by atoms with Crippen LogP contribution in [0.2, 0.25) is 0 Å². The Bertz CT molecular complexity index is 913. The first kappa shape index (κ1) is 19.7. The van der Waals surface area contributed by atoms with Crippen molar-refractivity contribution in [3.8, 4) is 0 Å². The number of para-hydroxylation sites is 1. The van der Waals surface area contributed by atoms with Crippen molar-refractivity contribution in [3.05, 3.63) is 72.1 Å². The minimum Gasteiger partial charge on any atom is -0.390 e. The zero-order valence-electron chi connectivity index (χ0n) is 15.6. The Morgan fingerprint density at radius 1 is 1.04 bits per heavy atom. The Kier molecular flexibility index (Phi) is 6.16. The molecule has 6 nitrogen and oxygen atoms in total. The first-order valence-corrected chi connectivity index (χ1v) is 9.72. The summed E-state index contributed by atoms with van der Waals surface area (Å²) in [7, 11) is 1.65. The summed E-state index contributed by atoms with van der Waals surface area (Å²) in [4.78, 5) is 40.4. The molecule has 1 fully saturated rings. The minimum absolute atomic E-state index is 0.0255. The maximum Gasteiger partial charge on any atom is 0.274 e. The molecular weight excluding hydrogens is 374 g/mol. The minimum atomic E-state index is -0.556. The highest BCUT2D eigenvalue weighted by molar-refractivity contribution is 8.00. The first-order valence-electron chi connectivity index (χ1n) is 8.84. The van der Waals surface area contributed by atoms with Crippen LogP contribution in [0.1, 0.15) is 13.3 Å². The summed E-state index contributed by atoms with van der Waals surface area (Å²) in [5, 5.41) is 5.07. The number of allylic oxidation sites excluding steroid dienone is 1. The first-order chi connectivity index (χ1) is 13.5. The van der Waals surface area contributed by atoms with E-state index < -0.39 is 11.2 Å². The van der Waals surface area contributed by atoms with Gasteiger partial charge in [-0.3, -0.25) is 14.4 Å². The van der Waals surface area contributed by atoms with Gasteiger partial charge in [0.05, 0.1) is 5.25 Å². The van der Waals surface area contributed by atoms with Crippen molar-refractivity contribution in [1.82, 2.24) is 10.2 Å². The van der Waals surface area contributed by atoms with Gasteiger partial charge in [-0.15, -0.1) is 11.8 Å². The van der Waals surface area contributed by atoms with Gasteiger partial charge < -0.3 is 10.6 Å². The summed E-state index contributed by atoms with van der Waals surface area (Å²) in [5.41, 5.74) is 1.06.